The van der Waals surface area contributed by atoms with Crippen LogP contribution >= 0.6 is 23.4 Å². The highest BCUT2D eigenvalue weighted by molar-refractivity contribution is 7.99. The molecule has 0 saturated carbocycles. The van der Waals surface area contributed by atoms with Crippen molar-refractivity contribution >= 4 is 29.2 Å². The molecule has 1 atom stereocenters. The van der Waals surface area contributed by atoms with Crippen LogP contribution in [0.15, 0.2) is 63.6 Å². The number of aromatic nitrogens is 2. The highest BCUT2D eigenvalue weighted by Crippen LogP contribution is 2.35. The SMILES string of the molecule is Cc1ccc(C[C@@H]2CON=C(c3cc(Cl)nnc3Sc3cccc(C(F)(F)F)c3)N2)c(C)c1. The molecule has 3 aromatic rings. The van der Waals surface area contributed by atoms with Crippen LogP contribution in [0, 0.1) is 13.8 Å². The van der Waals surface area contributed by atoms with E-state index < -0.39 is 11.7 Å². The molecule has 1 aliphatic rings. The number of benzene rings is 2. The van der Waals surface area contributed by atoms with Crippen molar-refractivity contribution in [1.29, 1.82) is 0 Å². The summed E-state index contributed by atoms with van der Waals surface area (Å²) in [4.78, 5) is 5.84. The number of aryl methyl sites for hydroxylation is 2. The van der Waals surface area contributed by atoms with E-state index in [4.69, 9.17) is 16.4 Å². The molecule has 33 heavy (non-hydrogen) atoms. The Morgan fingerprint density at radius 1 is 1.12 bits per heavy atom. The van der Waals surface area contributed by atoms with E-state index in [1.165, 1.54) is 22.8 Å². The Bertz CT molecular complexity index is 1200. The fourth-order valence-electron chi connectivity index (χ4n) is 3.48. The minimum absolute atomic E-state index is 0.0581. The van der Waals surface area contributed by atoms with Crippen LogP contribution in [0.4, 0.5) is 13.2 Å². The summed E-state index contributed by atoms with van der Waals surface area (Å²) in [5, 5.41) is 15.9. The maximum atomic E-state index is 13.1. The molecule has 0 spiro atoms. The Morgan fingerprint density at radius 2 is 1.94 bits per heavy atom. The summed E-state index contributed by atoms with van der Waals surface area (Å²) in [6.45, 7) is 4.49. The molecule has 4 rings (SSSR count). The first kappa shape index (κ1) is 23.4. The Kier molecular flexibility index (Phi) is 6.81. The number of nitrogens with zero attached hydrogens (tertiary/aromatic N) is 3. The molecule has 0 aliphatic carbocycles. The molecule has 5 nitrogen and oxygen atoms in total. The van der Waals surface area contributed by atoms with Crippen molar-refractivity contribution in [3.05, 3.63) is 81.5 Å². The third-order valence-electron chi connectivity index (χ3n) is 5.10. The molecule has 0 bridgehead atoms. The highest BCUT2D eigenvalue weighted by Gasteiger charge is 2.30. The maximum absolute atomic E-state index is 13.1. The van der Waals surface area contributed by atoms with E-state index in [-0.39, 0.29) is 11.2 Å². The second-order valence-electron chi connectivity index (χ2n) is 7.72. The van der Waals surface area contributed by atoms with Gasteiger partial charge in [-0.2, -0.15) is 13.2 Å². The zero-order valence-corrected chi connectivity index (χ0v) is 19.4. The zero-order valence-electron chi connectivity index (χ0n) is 17.8. The summed E-state index contributed by atoms with van der Waals surface area (Å²) >= 11 is 7.12. The van der Waals surface area contributed by atoms with Crippen molar-refractivity contribution in [3.63, 3.8) is 0 Å². The van der Waals surface area contributed by atoms with Crippen LogP contribution in [0.5, 0.6) is 0 Å². The number of rotatable bonds is 5. The van der Waals surface area contributed by atoms with Crippen molar-refractivity contribution in [3.8, 4) is 0 Å². The standard InChI is InChI=1S/C23H20ClF3N4OS/c1-13-6-7-15(14(2)8-13)9-17-12-32-31-21(28-17)19-11-20(24)29-30-22(19)33-18-5-3-4-16(10-18)23(25,26)27/h3-8,10-11,17H,9,12H2,1-2H3,(H,28,31)/t17-/m1/s1. The van der Waals surface area contributed by atoms with Crippen LogP contribution in [-0.2, 0) is 17.4 Å². The number of oxime groups is 1. The first-order valence-corrected chi connectivity index (χ1v) is 11.3. The molecule has 2 heterocycles. The van der Waals surface area contributed by atoms with E-state index in [1.54, 1.807) is 12.1 Å². The van der Waals surface area contributed by atoms with E-state index in [1.807, 2.05) is 6.92 Å². The molecule has 0 fully saturated rings. The average Bonchev–Trinajstić information content (AvgIpc) is 2.77. The lowest BCUT2D eigenvalue weighted by atomic mass is 9.99. The van der Waals surface area contributed by atoms with Gasteiger partial charge in [0.25, 0.3) is 0 Å². The normalized spacial score (nSPS) is 16.1. The second kappa shape index (κ2) is 9.61. The van der Waals surface area contributed by atoms with Crippen LogP contribution in [-0.4, -0.2) is 28.7 Å². The smallest absolute Gasteiger partial charge is 0.392 e. The van der Waals surface area contributed by atoms with Crippen LogP contribution in [0.3, 0.4) is 0 Å². The Morgan fingerprint density at radius 3 is 2.70 bits per heavy atom. The minimum Gasteiger partial charge on any atom is -0.392 e. The van der Waals surface area contributed by atoms with Gasteiger partial charge in [-0.05, 0) is 55.7 Å². The van der Waals surface area contributed by atoms with E-state index in [9.17, 15) is 13.2 Å². The van der Waals surface area contributed by atoms with Gasteiger partial charge < -0.3 is 10.2 Å². The third kappa shape index (κ3) is 5.78. The van der Waals surface area contributed by atoms with Crippen molar-refractivity contribution in [2.75, 3.05) is 6.61 Å². The van der Waals surface area contributed by atoms with Gasteiger partial charge in [0.15, 0.2) is 11.0 Å². The van der Waals surface area contributed by atoms with Crippen LogP contribution in [0.25, 0.3) is 0 Å². The lowest BCUT2D eigenvalue weighted by Crippen LogP contribution is -2.43. The summed E-state index contributed by atoms with van der Waals surface area (Å²) in [6.07, 6.45) is -3.72. The van der Waals surface area contributed by atoms with E-state index in [2.05, 4.69) is 45.8 Å². The number of nitrogens with one attached hydrogen (secondary N) is 1. The van der Waals surface area contributed by atoms with E-state index in [0.717, 1.165) is 23.9 Å². The van der Waals surface area contributed by atoms with E-state index in [0.29, 0.717) is 34.3 Å². The van der Waals surface area contributed by atoms with Gasteiger partial charge in [-0.1, -0.05) is 58.3 Å². The van der Waals surface area contributed by atoms with Crippen molar-refractivity contribution in [2.24, 2.45) is 5.16 Å². The first-order valence-electron chi connectivity index (χ1n) is 10.1. The molecule has 172 valence electrons. The topological polar surface area (TPSA) is 59.4 Å². The van der Waals surface area contributed by atoms with Gasteiger partial charge in [-0.3, -0.25) is 0 Å². The minimum atomic E-state index is -4.44. The number of hydrogen-bond acceptors (Lipinski definition) is 6. The lowest BCUT2D eigenvalue weighted by molar-refractivity contribution is -0.137. The number of amidine groups is 1. The molecular weight excluding hydrogens is 473 g/mol. The summed E-state index contributed by atoms with van der Waals surface area (Å²) in [6, 6.07) is 12.8. The lowest BCUT2D eigenvalue weighted by Gasteiger charge is -2.25. The first-order chi connectivity index (χ1) is 15.7. The quantitative estimate of drug-likeness (QED) is 0.487. The van der Waals surface area contributed by atoms with Crippen LogP contribution in [0.2, 0.25) is 5.15 Å². The Hall–Kier alpha value is -2.78. The number of hydrogen-bond donors (Lipinski definition) is 1. The van der Waals surface area contributed by atoms with Crippen LogP contribution in [0.1, 0.15) is 27.8 Å². The predicted molar refractivity (Wildman–Crippen MR) is 122 cm³/mol. The Balaban J connectivity index is 1.58. The monoisotopic (exact) mass is 492 g/mol. The third-order valence-corrected chi connectivity index (χ3v) is 6.27. The average molecular weight is 493 g/mol. The van der Waals surface area contributed by atoms with E-state index >= 15 is 0 Å². The zero-order chi connectivity index (χ0) is 23.6. The number of alkyl halides is 3. The fourth-order valence-corrected chi connectivity index (χ4v) is 4.53. The number of halogens is 4. The molecule has 1 aliphatic heterocycles. The maximum Gasteiger partial charge on any atom is 0.416 e. The van der Waals surface area contributed by atoms with Crippen molar-refractivity contribution in [2.45, 2.75) is 42.4 Å². The molecule has 1 aromatic heterocycles. The van der Waals surface area contributed by atoms with Gasteiger partial charge in [0.2, 0.25) is 0 Å². The Labute approximate surface area is 198 Å². The van der Waals surface area contributed by atoms with Gasteiger partial charge in [0, 0.05) is 4.90 Å². The summed E-state index contributed by atoms with van der Waals surface area (Å²) < 4.78 is 39.3. The molecule has 0 unspecified atom stereocenters. The van der Waals surface area contributed by atoms with Gasteiger partial charge in [-0.15, -0.1) is 10.2 Å². The molecular formula is C23H20ClF3N4OS. The second-order valence-corrected chi connectivity index (χ2v) is 9.17. The van der Waals surface area contributed by atoms with Gasteiger partial charge in [0.05, 0.1) is 17.2 Å². The molecule has 0 amide bonds. The predicted octanol–water partition coefficient (Wildman–Crippen LogP) is 5.81. The summed E-state index contributed by atoms with van der Waals surface area (Å²) in [7, 11) is 0. The van der Waals surface area contributed by atoms with Crippen molar-refractivity contribution < 1.29 is 18.0 Å². The summed E-state index contributed by atoms with van der Waals surface area (Å²) in [5.41, 5.74) is 3.34. The molecule has 2 aromatic carbocycles. The molecule has 0 saturated heterocycles. The molecule has 1 N–H and O–H groups in total. The van der Waals surface area contributed by atoms with Crippen LogP contribution < -0.4 is 5.32 Å². The van der Waals surface area contributed by atoms with Crippen molar-refractivity contribution in [1.82, 2.24) is 15.5 Å². The fraction of sp³-hybridized carbons (Fsp3) is 0.261. The molecule has 0 radical (unpaired) electrons. The summed E-state index contributed by atoms with van der Waals surface area (Å²) in [5.74, 6) is 0.405. The van der Waals surface area contributed by atoms with Gasteiger partial charge in [-0.25, -0.2) is 0 Å². The molecule has 10 heteroatoms. The highest BCUT2D eigenvalue weighted by atomic mass is 35.5. The van der Waals surface area contributed by atoms with Gasteiger partial charge >= 0.3 is 6.18 Å². The largest absolute Gasteiger partial charge is 0.416 e. The van der Waals surface area contributed by atoms with Gasteiger partial charge in [0.1, 0.15) is 11.6 Å².